The summed E-state index contributed by atoms with van der Waals surface area (Å²) in [5, 5.41) is 6.53. The van der Waals surface area contributed by atoms with E-state index in [0.29, 0.717) is 27.8 Å². The number of halogens is 1. The number of benzene rings is 1. The van der Waals surface area contributed by atoms with Gasteiger partial charge in [0.15, 0.2) is 15.5 Å². The minimum absolute atomic E-state index is 0.322. The number of aromatic nitrogens is 4. The minimum atomic E-state index is -3.37. The summed E-state index contributed by atoms with van der Waals surface area (Å²) in [7, 11) is -3.37. The Balaban J connectivity index is 1.92. The molecule has 128 valence electrons. The molecule has 0 atom stereocenters. The van der Waals surface area contributed by atoms with Gasteiger partial charge in [-0.1, -0.05) is 11.6 Å². The van der Waals surface area contributed by atoms with Crippen LogP contribution in [-0.4, -0.2) is 34.4 Å². The maximum absolute atomic E-state index is 12.3. The van der Waals surface area contributed by atoms with E-state index in [9.17, 15) is 8.42 Å². The molecule has 0 aliphatic rings. The number of sulfone groups is 1. The zero-order valence-corrected chi connectivity index (χ0v) is 15.2. The molecular weight excluding hydrogens is 360 g/mol. The topological polar surface area (TPSA) is 80.6 Å². The van der Waals surface area contributed by atoms with Crippen molar-refractivity contribution in [2.45, 2.75) is 18.4 Å². The molecule has 0 unspecified atom stereocenters. The molecule has 3 heterocycles. The van der Waals surface area contributed by atoms with Crippen LogP contribution in [0.15, 0.2) is 41.6 Å². The average Bonchev–Trinajstić information content (AvgIpc) is 3.15. The number of fused-ring (bicyclic) bond motifs is 2. The summed E-state index contributed by atoms with van der Waals surface area (Å²) < 4.78 is 26.3. The summed E-state index contributed by atoms with van der Waals surface area (Å²) in [4.78, 5) is 7.68. The Morgan fingerprint density at radius 3 is 2.84 bits per heavy atom. The van der Waals surface area contributed by atoms with Gasteiger partial charge in [0.25, 0.3) is 0 Å². The molecule has 1 N–H and O–H groups in total. The summed E-state index contributed by atoms with van der Waals surface area (Å²) in [6.45, 7) is 2.22. The number of hydrogen-bond donors (Lipinski definition) is 1. The maximum atomic E-state index is 12.3. The lowest BCUT2D eigenvalue weighted by atomic mass is 10.1. The highest BCUT2D eigenvalue weighted by Gasteiger charge is 2.19. The zero-order valence-electron chi connectivity index (χ0n) is 13.6. The van der Waals surface area contributed by atoms with Crippen molar-refractivity contribution in [3.63, 3.8) is 0 Å². The van der Waals surface area contributed by atoms with Crippen LogP contribution in [-0.2, 0) is 16.4 Å². The first-order valence-electron chi connectivity index (χ1n) is 7.62. The van der Waals surface area contributed by atoms with Gasteiger partial charge in [-0.25, -0.2) is 13.4 Å². The van der Waals surface area contributed by atoms with Gasteiger partial charge < -0.3 is 4.98 Å². The second-order valence-corrected chi connectivity index (χ2v) is 8.45. The average molecular weight is 375 g/mol. The molecule has 3 aromatic heterocycles. The van der Waals surface area contributed by atoms with E-state index in [1.54, 1.807) is 16.8 Å². The van der Waals surface area contributed by atoms with E-state index in [1.807, 2.05) is 31.5 Å². The minimum Gasteiger partial charge on any atom is -0.361 e. The number of nitrogens with zero attached hydrogens (tertiary/aromatic N) is 3. The van der Waals surface area contributed by atoms with E-state index < -0.39 is 9.84 Å². The van der Waals surface area contributed by atoms with Crippen molar-refractivity contribution in [1.82, 2.24) is 19.7 Å². The van der Waals surface area contributed by atoms with Crippen LogP contribution in [0.4, 0.5) is 0 Å². The first kappa shape index (κ1) is 16.1. The number of aromatic amines is 1. The predicted molar refractivity (Wildman–Crippen MR) is 97.8 cm³/mol. The van der Waals surface area contributed by atoms with Gasteiger partial charge in [0.2, 0.25) is 0 Å². The van der Waals surface area contributed by atoms with Crippen molar-refractivity contribution in [2.24, 2.45) is 0 Å². The second-order valence-electron chi connectivity index (χ2n) is 6.08. The lowest BCUT2D eigenvalue weighted by Crippen LogP contribution is -2.09. The third-order valence-corrected chi connectivity index (χ3v) is 5.59. The van der Waals surface area contributed by atoms with Crippen LogP contribution in [0.2, 0.25) is 5.15 Å². The van der Waals surface area contributed by atoms with Gasteiger partial charge in [-0.15, -0.1) is 0 Å². The smallest absolute Gasteiger partial charge is 0.182 e. The molecule has 0 saturated carbocycles. The third-order valence-electron chi connectivity index (χ3n) is 4.21. The van der Waals surface area contributed by atoms with Gasteiger partial charge >= 0.3 is 0 Å². The lowest BCUT2D eigenvalue weighted by Gasteiger charge is -2.12. The fraction of sp³-hybridized carbons (Fsp3) is 0.176. The molecule has 6 nitrogen and oxygen atoms in total. The fourth-order valence-electron chi connectivity index (χ4n) is 3.10. The highest BCUT2D eigenvalue weighted by atomic mass is 35.5. The second kappa shape index (κ2) is 5.57. The molecule has 0 saturated heterocycles. The summed E-state index contributed by atoms with van der Waals surface area (Å²) in [5.41, 5.74) is 3.07. The number of rotatable bonds is 3. The molecule has 8 heteroatoms. The molecule has 0 aliphatic carbocycles. The highest BCUT2D eigenvalue weighted by Crippen LogP contribution is 2.29. The first-order chi connectivity index (χ1) is 11.8. The SMILES string of the molecule is Cc1cc(S(C)(=O)=O)c(Cn2cc3ccc(Cl)nc3n2)c2cc[nH]c12. The Morgan fingerprint density at radius 1 is 1.28 bits per heavy atom. The standard InChI is InChI=1S/C17H15ClN4O2S/c1-10-7-14(25(2,23)24)13(12-5-6-19-16(10)12)9-22-8-11-3-4-15(18)20-17(11)21-22/h3-8,19H,9H2,1-2H3. The van der Waals surface area contributed by atoms with Gasteiger partial charge in [-0.2, -0.15) is 5.10 Å². The number of hydrogen-bond acceptors (Lipinski definition) is 4. The quantitative estimate of drug-likeness (QED) is 0.558. The summed E-state index contributed by atoms with van der Waals surface area (Å²) >= 11 is 5.91. The molecule has 0 amide bonds. The van der Waals surface area contributed by atoms with Crippen molar-refractivity contribution in [3.05, 3.63) is 52.9 Å². The molecule has 4 aromatic rings. The van der Waals surface area contributed by atoms with Gasteiger partial charge in [-0.3, -0.25) is 4.68 Å². The van der Waals surface area contributed by atoms with E-state index in [-0.39, 0.29) is 0 Å². The largest absolute Gasteiger partial charge is 0.361 e. The Bertz CT molecular complexity index is 1220. The van der Waals surface area contributed by atoms with Gasteiger partial charge in [-0.05, 0) is 36.8 Å². The summed E-state index contributed by atoms with van der Waals surface area (Å²) in [5.74, 6) is 0. The monoisotopic (exact) mass is 374 g/mol. The number of nitrogens with one attached hydrogen (secondary N) is 1. The van der Waals surface area contributed by atoms with E-state index in [4.69, 9.17) is 11.6 Å². The number of H-pyrrole nitrogens is 1. The van der Waals surface area contributed by atoms with Crippen LogP contribution in [0.1, 0.15) is 11.1 Å². The molecule has 0 bridgehead atoms. The normalized spacial score (nSPS) is 12.3. The molecule has 0 radical (unpaired) electrons. The van der Waals surface area contributed by atoms with Crippen LogP contribution >= 0.6 is 11.6 Å². The first-order valence-corrected chi connectivity index (χ1v) is 9.89. The molecule has 1 aromatic carbocycles. The predicted octanol–water partition coefficient (Wildman–Crippen LogP) is 3.33. The van der Waals surface area contributed by atoms with Crippen molar-refractivity contribution < 1.29 is 8.42 Å². The summed E-state index contributed by atoms with van der Waals surface area (Å²) in [6.07, 6.45) is 4.88. The molecule has 0 spiro atoms. The zero-order chi connectivity index (χ0) is 17.8. The van der Waals surface area contributed by atoms with E-state index in [2.05, 4.69) is 15.1 Å². The Morgan fingerprint density at radius 2 is 2.08 bits per heavy atom. The van der Waals surface area contributed by atoms with Crippen molar-refractivity contribution in [1.29, 1.82) is 0 Å². The van der Waals surface area contributed by atoms with Crippen molar-refractivity contribution in [3.8, 4) is 0 Å². The summed E-state index contributed by atoms with van der Waals surface area (Å²) in [6, 6.07) is 7.15. The van der Waals surface area contributed by atoms with E-state index in [1.165, 1.54) is 6.26 Å². The molecule has 0 fully saturated rings. The Labute approximate surface area is 149 Å². The number of aryl methyl sites for hydroxylation is 1. The molecule has 4 rings (SSSR count). The van der Waals surface area contributed by atoms with Gasteiger partial charge in [0, 0.05) is 40.5 Å². The Hall–Kier alpha value is -2.38. The Kier molecular flexibility index (Phi) is 3.59. The maximum Gasteiger partial charge on any atom is 0.182 e. The van der Waals surface area contributed by atoms with Gasteiger partial charge in [0.05, 0.1) is 11.4 Å². The van der Waals surface area contributed by atoms with Crippen LogP contribution in [0.3, 0.4) is 0 Å². The molecular formula is C17H15ClN4O2S. The van der Waals surface area contributed by atoms with E-state index in [0.717, 1.165) is 21.9 Å². The molecule has 0 aliphatic heterocycles. The van der Waals surface area contributed by atoms with Gasteiger partial charge in [0.1, 0.15) is 5.15 Å². The lowest BCUT2D eigenvalue weighted by molar-refractivity contribution is 0.599. The van der Waals surface area contributed by atoms with Crippen LogP contribution in [0.25, 0.3) is 21.9 Å². The van der Waals surface area contributed by atoms with Crippen molar-refractivity contribution in [2.75, 3.05) is 6.26 Å². The van der Waals surface area contributed by atoms with Crippen LogP contribution in [0, 0.1) is 6.92 Å². The fourth-order valence-corrected chi connectivity index (χ4v) is 4.26. The van der Waals surface area contributed by atoms with Crippen molar-refractivity contribution >= 4 is 43.4 Å². The van der Waals surface area contributed by atoms with Crippen LogP contribution < -0.4 is 0 Å². The molecule has 25 heavy (non-hydrogen) atoms. The number of pyridine rings is 1. The van der Waals surface area contributed by atoms with E-state index >= 15 is 0 Å². The third kappa shape index (κ3) is 2.79. The van der Waals surface area contributed by atoms with Crippen LogP contribution in [0.5, 0.6) is 0 Å². The highest BCUT2D eigenvalue weighted by molar-refractivity contribution is 7.90.